The maximum absolute atomic E-state index is 12.1. The van der Waals surface area contributed by atoms with Crippen LogP contribution in [-0.4, -0.2) is 23.2 Å². The van der Waals surface area contributed by atoms with E-state index in [0.717, 1.165) is 25.7 Å². The molecule has 0 bridgehead atoms. The average molecular weight is 269 g/mol. The van der Waals surface area contributed by atoms with Gasteiger partial charge in [-0.15, -0.1) is 0 Å². The molecule has 1 aromatic rings. The van der Waals surface area contributed by atoms with Crippen molar-refractivity contribution in [3.05, 3.63) is 28.8 Å². The van der Waals surface area contributed by atoms with E-state index < -0.39 is 6.10 Å². The Morgan fingerprint density at radius 2 is 2.11 bits per heavy atom. The van der Waals surface area contributed by atoms with E-state index in [1.807, 2.05) is 0 Å². The molecule has 0 aliphatic heterocycles. The predicted molar refractivity (Wildman–Crippen MR) is 71.6 cm³/mol. The van der Waals surface area contributed by atoms with Crippen molar-refractivity contribution in [3.8, 4) is 0 Å². The quantitative estimate of drug-likeness (QED) is 0.718. The minimum absolute atomic E-state index is 0.191. The number of nitrogens with two attached hydrogens (primary N) is 1. The number of nitrogens with one attached hydrogen (secondary N) is 1. The summed E-state index contributed by atoms with van der Waals surface area (Å²) < 4.78 is 0. The van der Waals surface area contributed by atoms with E-state index >= 15 is 0 Å². The normalized spacial score (nSPS) is 23.7. The van der Waals surface area contributed by atoms with E-state index in [1.54, 1.807) is 18.2 Å². The Hall–Kier alpha value is -1.26. The molecule has 4 nitrogen and oxygen atoms in total. The van der Waals surface area contributed by atoms with Gasteiger partial charge in [0.1, 0.15) is 0 Å². The van der Waals surface area contributed by atoms with Crippen LogP contribution in [0.4, 0.5) is 5.69 Å². The molecule has 1 fully saturated rings. The fourth-order valence-electron chi connectivity index (χ4n) is 2.24. The summed E-state index contributed by atoms with van der Waals surface area (Å²) in [7, 11) is 0. The monoisotopic (exact) mass is 268 g/mol. The number of nitrogen functional groups attached to an aromatic ring is 1. The van der Waals surface area contributed by atoms with Gasteiger partial charge in [-0.3, -0.25) is 4.79 Å². The molecule has 1 aromatic carbocycles. The van der Waals surface area contributed by atoms with Crippen LogP contribution < -0.4 is 11.1 Å². The zero-order valence-corrected chi connectivity index (χ0v) is 10.8. The third kappa shape index (κ3) is 2.94. The van der Waals surface area contributed by atoms with Crippen molar-refractivity contribution in [2.75, 3.05) is 5.73 Å². The largest absolute Gasteiger partial charge is 0.399 e. The zero-order valence-electron chi connectivity index (χ0n) is 10.0. The lowest BCUT2D eigenvalue weighted by Gasteiger charge is -2.28. The Kier molecular flexibility index (Phi) is 4.09. The number of aliphatic hydroxyl groups is 1. The average Bonchev–Trinajstić information content (AvgIpc) is 2.35. The van der Waals surface area contributed by atoms with E-state index in [4.69, 9.17) is 17.3 Å². The lowest BCUT2D eigenvalue weighted by Crippen LogP contribution is -2.45. The maximum Gasteiger partial charge on any atom is 0.253 e. The SMILES string of the molecule is Nc1ccc(Cl)c(C(=O)N[C@@H]2CCCC[C@H]2O)c1. The summed E-state index contributed by atoms with van der Waals surface area (Å²) in [6.07, 6.45) is 3.09. The minimum atomic E-state index is -0.470. The summed E-state index contributed by atoms with van der Waals surface area (Å²) in [6.45, 7) is 0. The molecule has 0 saturated heterocycles. The summed E-state index contributed by atoms with van der Waals surface area (Å²) in [5.41, 5.74) is 6.49. The van der Waals surface area contributed by atoms with Crippen LogP contribution in [-0.2, 0) is 0 Å². The molecule has 2 atom stereocenters. The number of halogens is 1. The first-order chi connectivity index (χ1) is 8.58. The van der Waals surface area contributed by atoms with Gasteiger partial charge in [-0.05, 0) is 31.0 Å². The molecule has 5 heteroatoms. The summed E-state index contributed by atoms with van der Waals surface area (Å²) in [4.78, 5) is 12.1. The van der Waals surface area contributed by atoms with Gasteiger partial charge in [0.15, 0.2) is 0 Å². The van der Waals surface area contributed by atoms with E-state index in [-0.39, 0.29) is 11.9 Å². The van der Waals surface area contributed by atoms with Crippen molar-refractivity contribution >= 4 is 23.2 Å². The Labute approximate surface area is 111 Å². The number of hydrogen-bond donors (Lipinski definition) is 3. The molecule has 1 aliphatic rings. The number of amides is 1. The molecule has 98 valence electrons. The van der Waals surface area contributed by atoms with Crippen LogP contribution in [0.1, 0.15) is 36.0 Å². The molecule has 0 radical (unpaired) electrons. The number of benzene rings is 1. The van der Waals surface area contributed by atoms with Crippen LogP contribution in [0.25, 0.3) is 0 Å². The van der Waals surface area contributed by atoms with Crippen LogP contribution >= 0.6 is 11.6 Å². The second-order valence-electron chi connectivity index (χ2n) is 4.67. The first-order valence-corrected chi connectivity index (χ1v) is 6.49. The topological polar surface area (TPSA) is 75.4 Å². The zero-order chi connectivity index (χ0) is 13.1. The van der Waals surface area contributed by atoms with Crippen molar-refractivity contribution < 1.29 is 9.90 Å². The van der Waals surface area contributed by atoms with Gasteiger partial charge in [-0.2, -0.15) is 0 Å². The lowest BCUT2D eigenvalue weighted by atomic mass is 9.92. The first-order valence-electron chi connectivity index (χ1n) is 6.12. The van der Waals surface area contributed by atoms with Crippen LogP contribution in [0, 0.1) is 0 Å². The second-order valence-corrected chi connectivity index (χ2v) is 5.08. The van der Waals surface area contributed by atoms with Crippen LogP contribution in [0.5, 0.6) is 0 Å². The van der Waals surface area contributed by atoms with E-state index in [0.29, 0.717) is 16.3 Å². The van der Waals surface area contributed by atoms with Gasteiger partial charge in [0.2, 0.25) is 0 Å². The van der Waals surface area contributed by atoms with Gasteiger partial charge in [-0.1, -0.05) is 24.4 Å². The van der Waals surface area contributed by atoms with Gasteiger partial charge >= 0.3 is 0 Å². The molecule has 0 heterocycles. The van der Waals surface area contributed by atoms with Gasteiger partial charge in [0, 0.05) is 5.69 Å². The fraction of sp³-hybridized carbons (Fsp3) is 0.462. The smallest absolute Gasteiger partial charge is 0.253 e. The van der Waals surface area contributed by atoms with Crippen molar-refractivity contribution in [2.24, 2.45) is 0 Å². The highest BCUT2D eigenvalue weighted by molar-refractivity contribution is 6.34. The fourth-order valence-corrected chi connectivity index (χ4v) is 2.45. The van der Waals surface area contributed by atoms with Crippen LogP contribution in [0.15, 0.2) is 18.2 Å². The highest BCUT2D eigenvalue weighted by Gasteiger charge is 2.25. The van der Waals surface area contributed by atoms with E-state index in [2.05, 4.69) is 5.32 Å². The summed E-state index contributed by atoms with van der Waals surface area (Å²) in [5, 5.41) is 13.0. The minimum Gasteiger partial charge on any atom is -0.399 e. The molecule has 4 N–H and O–H groups in total. The van der Waals surface area contributed by atoms with Crippen molar-refractivity contribution in [2.45, 2.75) is 37.8 Å². The molecular weight excluding hydrogens is 252 g/mol. The number of carbonyl (C=O) groups excluding carboxylic acids is 1. The van der Waals surface area contributed by atoms with Gasteiger partial charge in [0.05, 0.1) is 22.7 Å². The Bertz CT molecular complexity index is 451. The Morgan fingerprint density at radius 1 is 1.39 bits per heavy atom. The lowest BCUT2D eigenvalue weighted by molar-refractivity contribution is 0.0717. The molecular formula is C13H17ClN2O2. The van der Waals surface area contributed by atoms with Gasteiger partial charge in [-0.25, -0.2) is 0 Å². The highest BCUT2D eigenvalue weighted by Crippen LogP contribution is 2.21. The van der Waals surface area contributed by atoms with Crippen molar-refractivity contribution in [1.29, 1.82) is 0 Å². The molecule has 0 aromatic heterocycles. The van der Waals surface area contributed by atoms with Crippen molar-refractivity contribution in [3.63, 3.8) is 0 Å². The third-order valence-electron chi connectivity index (χ3n) is 3.28. The van der Waals surface area contributed by atoms with Gasteiger partial charge in [0.25, 0.3) is 5.91 Å². The second kappa shape index (κ2) is 5.59. The molecule has 18 heavy (non-hydrogen) atoms. The Balaban J connectivity index is 2.09. The molecule has 1 saturated carbocycles. The van der Waals surface area contributed by atoms with Crippen LogP contribution in [0.3, 0.4) is 0 Å². The van der Waals surface area contributed by atoms with Gasteiger partial charge < -0.3 is 16.2 Å². The summed E-state index contributed by atoms with van der Waals surface area (Å²) in [5.74, 6) is -0.279. The third-order valence-corrected chi connectivity index (χ3v) is 3.61. The maximum atomic E-state index is 12.1. The predicted octanol–water partition coefficient (Wildman–Crippen LogP) is 1.96. The number of carbonyl (C=O) groups is 1. The summed E-state index contributed by atoms with van der Waals surface area (Å²) in [6, 6.07) is 4.61. The molecule has 0 unspecified atom stereocenters. The number of rotatable bonds is 2. The number of hydrogen-bond acceptors (Lipinski definition) is 3. The number of anilines is 1. The first kappa shape index (κ1) is 13.2. The standard InChI is InChI=1S/C13H17ClN2O2/c14-10-6-5-8(15)7-9(10)13(18)16-11-3-1-2-4-12(11)17/h5-7,11-12,17H,1-4,15H2,(H,16,18)/t11-,12-/m1/s1. The summed E-state index contributed by atoms with van der Waals surface area (Å²) >= 11 is 5.97. The molecule has 2 rings (SSSR count). The molecule has 1 amide bonds. The number of aliphatic hydroxyl groups excluding tert-OH is 1. The van der Waals surface area contributed by atoms with Crippen molar-refractivity contribution in [1.82, 2.24) is 5.32 Å². The highest BCUT2D eigenvalue weighted by atomic mass is 35.5. The molecule has 0 spiro atoms. The van der Waals surface area contributed by atoms with E-state index in [1.165, 1.54) is 0 Å². The Morgan fingerprint density at radius 3 is 2.83 bits per heavy atom. The van der Waals surface area contributed by atoms with Crippen LogP contribution in [0.2, 0.25) is 5.02 Å². The molecule has 1 aliphatic carbocycles. The van der Waals surface area contributed by atoms with E-state index in [9.17, 15) is 9.90 Å².